The molecule has 146 valence electrons. The van der Waals surface area contributed by atoms with E-state index in [-0.39, 0.29) is 12.0 Å². The van der Waals surface area contributed by atoms with Gasteiger partial charge in [-0.25, -0.2) is 4.98 Å². The molecule has 1 aromatic heterocycles. The molecule has 0 radical (unpaired) electrons. The van der Waals surface area contributed by atoms with Crippen LogP contribution >= 0.6 is 11.3 Å². The highest BCUT2D eigenvalue weighted by Crippen LogP contribution is 2.30. The first-order valence-electron chi connectivity index (χ1n) is 9.64. The Kier molecular flexibility index (Phi) is 5.88. The number of benzene rings is 2. The van der Waals surface area contributed by atoms with Crippen LogP contribution in [0.25, 0.3) is 10.2 Å². The monoisotopic (exact) mass is 396 g/mol. The largest absolute Gasteiger partial charge is 0.496 e. The van der Waals surface area contributed by atoms with Crippen molar-refractivity contribution in [3.63, 3.8) is 0 Å². The Morgan fingerprint density at radius 2 is 2.07 bits per heavy atom. The fraction of sp³-hybridized carbons (Fsp3) is 0.364. The van der Waals surface area contributed by atoms with E-state index < -0.39 is 0 Å². The molecule has 1 saturated heterocycles. The number of para-hydroxylation sites is 2. The fourth-order valence-electron chi connectivity index (χ4n) is 3.54. The second-order valence-electron chi connectivity index (χ2n) is 6.92. The molecule has 3 aromatic rings. The molecule has 6 heteroatoms. The molecule has 4 rings (SSSR count). The number of ether oxygens (including phenoxy) is 2. The topological polar surface area (TPSA) is 51.7 Å². The Morgan fingerprint density at radius 1 is 1.25 bits per heavy atom. The average molecular weight is 397 g/mol. The van der Waals surface area contributed by atoms with Crippen molar-refractivity contribution in [3.05, 3.63) is 54.1 Å². The van der Waals surface area contributed by atoms with Gasteiger partial charge in [-0.2, -0.15) is 0 Å². The molecule has 28 heavy (non-hydrogen) atoms. The third-order valence-electron chi connectivity index (χ3n) is 5.03. The molecule has 0 aliphatic carbocycles. The Bertz CT molecular complexity index is 917. The van der Waals surface area contributed by atoms with Crippen LogP contribution in [0.15, 0.2) is 48.5 Å². The number of anilines is 1. The first-order chi connectivity index (χ1) is 13.7. The summed E-state index contributed by atoms with van der Waals surface area (Å²) in [5.74, 6) is 0.890. The molecular formula is C22H24N2O3S. The standard InChI is InChI=1S/C22H24N2O3S/c1-26-19-10-4-2-7-16(19)12-13-21(25)24(15-17-8-6-14-27-17)22-23-18-9-3-5-11-20(18)28-22/h2-5,7,9-11,17H,6,8,12-15H2,1H3. The van der Waals surface area contributed by atoms with Crippen molar-refractivity contribution in [3.8, 4) is 5.75 Å². The van der Waals surface area contributed by atoms with Crippen molar-refractivity contribution in [1.82, 2.24) is 4.98 Å². The summed E-state index contributed by atoms with van der Waals surface area (Å²) in [6.07, 6.45) is 3.16. The van der Waals surface area contributed by atoms with Crippen LogP contribution in [0.2, 0.25) is 0 Å². The van der Waals surface area contributed by atoms with Gasteiger partial charge < -0.3 is 9.47 Å². The van der Waals surface area contributed by atoms with Gasteiger partial charge in [-0.15, -0.1) is 0 Å². The van der Waals surface area contributed by atoms with Gasteiger partial charge in [-0.05, 0) is 43.0 Å². The summed E-state index contributed by atoms with van der Waals surface area (Å²) >= 11 is 1.56. The Morgan fingerprint density at radius 3 is 2.86 bits per heavy atom. The number of amides is 1. The van der Waals surface area contributed by atoms with E-state index in [4.69, 9.17) is 14.5 Å². The van der Waals surface area contributed by atoms with Crippen molar-refractivity contribution in [1.29, 1.82) is 0 Å². The number of nitrogens with zero attached hydrogens (tertiary/aromatic N) is 2. The summed E-state index contributed by atoms with van der Waals surface area (Å²) in [5, 5.41) is 0.752. The zero-order chi connectivity index (χ0) is 19.3. The van der Waals surface area contributed by atoms with Gasteiger partial charge in [0.25, 0.3) is 0 Å². The predicted octanol–water partition coefficient (Wildman–Crippen LogP) is 4.45. The van der Waals surface area contributed by atoms with Gasteiger partial charge in [0.15, 0.2) is 5.13 Å². The molecular weight excluding hydrogens is 372 g/mol. The van der Waals surface area contributed by atoms with Crippen LogP contribution in [0.5, 0.6) is 5.75 Å². The van der Waals surface area contributed by atoms with E-state index in [1.165, 1.54) is 0 Å². The van der Waals surface area contributed by atoms with Gasteiger partial charge in [0.1, 0.15) is 5.75 Å². The van der Waals surface area contributed by atoms with Crippen molar-refractivity contribution < 1.29 is 14.3 Å². The van der Waals surface area contributed by atoms with E-state index in [0.29, 0.717) is 19.4 Å². The number of hydrogen-bond donors (Lipinski definition) is 0. The summed E-state index contributed by atoms with van der Waals surface area (Å²) in [6, 6.07) is 15.8. The van der Waals surface area contributed by atoms with E-state index in [1.807, 2.05) is 53.4 Å². The van der Waals surface area contributed by atoms with E-state index in [0.717, 1.165) is 46.1 Å². The molecule has 0 bridgehead atoms. The molecule has 0 spiro atoms. The number of hydrogen-bond acceptors (Lipinski definition) is 5. The zero-order valence-electron chi connectivity index (χ0n) is 16.0. The lowest BCUT2D eigenvalue weighted by Crippen LogP contribution is -2.37. The highest BCUT2D eigenvalue weighted by Gasteiger charge is 2.26. The lowest BCUT2D eigenvalue weighted by Gasteiger charge is -2.23. The minimum atomic E-state index is 0.0699. The van der Waals surface area contributed by atoms with E-state index in [2.05, 4.69) is 0 Å². The summed E-state index contributed by atoms with van der Waals surface area (Å²) in [7, 11) is 1.66. The average Bonchev–Trinajstić information content (AvgIpc) is 3.39. The van der Waals surface area contributed by atoms with E-state index in [9.17, 15) is 4.79 Å². The van der Waals surface area contributed by atoms with Crippen LogP contribution in [0.3, 0.4) is 0 Å². The highest BCUT2D eigenvalue weighted by molar-refractivity contribution is 7.22. The second-order valence-corrected chi connectivity index (χ2v) is 7.92. The van der Waals surface area contributed by atoms with Crippen LogP contribution in [-0.2, 0) is 16.0 Å². The normalized spacial score (nSPS) is 16.4. The van der Waals surface area contributed by atoms with Gasteiger partial charge >= 0.3 is 0 Å². The summed E-state index contributed by atoms with van der Waals surface area (Å²) < 4.78 is 12.3. The molecule has 5 nitrogen and oxygen atoms in total. The van der Waals surface area contributed by atoms with Crippen molar-refractivity contribution in [2.45, 2.75) is 31.8 Å². The van der Waals surface area contributed by atoms with Gasteiger partial charge in [0, 0.05) is 13.0 Å². The maximum atomic E-state index is 13.2. The molecule has 2 heterocycles. The third-order valence-corrected chi connectivity index (χ3v) is 6.08. The van der Waals surface area contributed by atoms with Gasteiger partial charge in [-0.1, -0.05) is 41.7 Å². The van der Waals surface area contributed by atoms with Crippen LogP contribution in [0, 0.1) is 0 Å². The molecule has 2 aromatic carbocycles. The maximum Gasteiger partial charge on any atom is 0.229 e. The third kappa shape index (κ3) is 4.18. The van der Waals surface area contributed by atoms with Crippen LogP contribution in [0.4, 0.5) is 5.13 Å². The number of carbonyl (C=O) groups excluding carboxylic acids is 1. The number of aryl methyl sites for hydroxylation is 1. The molecule has 1 aliphatic heterocycles. The van der Waals surface area contributed by atoms with Gasteiger partial charge in [-0.3, -0.25) is 9.69 Å². The Labute approximate surface area is 168 Å². The second kappa shape index (κ2) is 8.71. The summed E-state index contributed by atoms with van der Waals surface area (Å²) in [6.45, 7) is 1.33. The minimum Gasteiger partial charge on any atom is -0.496 e. The molecule has 0 saturated carbocycles. The first kappa shape index (κ1) is 18.9. The van der Waals surface area contributed by atoms with Crippen molar-refractivity contribution in [2.24, 2.45) is 0 Å². The Balaban J connectivity index is 1.54. The molecule has 1 unspecified atom stereocenters. The number of thiazole rings is 1. The minimum absolute atomic E-state index is 0.0699. The molecule has 0 N–H and O–H groups in total. The summed E-state index contributed by atoms with van der Waals surface area (Å²) in [4.78, 5) is 19.7. The maximum absolute atomic E-state index is 13.2. The number of carbonyl (C=O) groups is 1. The fourth-order valence-corrected chi connectivity index (χ4v) is 4.53. The SMILES string of the molecule is COc1ccccc1CCC(=O)N(CC1CCCO1)c1nc2ccccc2s1. The number of methoxy groups -OCH3 is 1. The first-order valence-corrected chi connectivity index (χ1v) is 10.5. The number of aromatic nitrogens is 1. The van der Waals surface area contributed by atoms with Crippen LogP contribution in [0.1, 0.15) is 24.8 Å². The molecule has 1 atom stereocenters. The summed E-state index contributed by atoms with van der Waals surface area (Å²) in [5.41, 5.74) is 1.97. The zero-order valence-corrected chi connectivity index (χ0v) is 16.8. The van der Waals surface area contributed by atoms with Crippen LogP contribution < -0.4 is 9.64 Å². The molecule has 1 aliphatic rings. The Hall–Kier alpha value is -2.44. The quantitative estimate of drug-likeness (QED) is 0.592. The van der Waals surface area contributed by atoms with E-state index in [1.54, 1.807) is 18.4 Å². The van der Waals surface area contributed by atoms with Gasteiger partial charge in [0.05, 0.1) is 30.0 Å². The number of fused-ring (bicyclic) bond motifs is 1. The highest BCUT2D eigenvalue weighted by atomic mass is 32.1. The lowest BCUT2D eigenvalue weighted by atomic mass is 10.1. The molecule has 1 amide bonds. The van der Waals surface area contributed by atoms with Crippen molar-refractivity contribution in [2.75, 3.05) is 25.2 Å². The van der Waals surface area contributed by atoms with E-state index >= 15 is 0 Å². The van der Waals surface area contributed by atoms with Crippen molar-refractivity contribution >= 4 is 32.6 Å². The number of rotatable bonds is 7. The lowest BCUT2D eigenvalue weighted by molar-refractivity contribution is -0.119. The predicted molar refractivity (Wildman–Crippen MR) is 112 cm³/mol. The van der Waals surface area contributed by atoms with Gasteiger partial charge in [0.2, 0.25) is 5.91 Å². The smallest absolute Gasteiger partial charge is 0.229 e. The van der Waals surface area contributed by atoms with Crippen LogP contribution in [-0.4, -0.2) is 37.3 Å². The molecule has 1 fully saturated rings.